The first kappa shape index (κ1) is 17.2. The zero-order valence-corrected chi connectivity index (χ0v) is 14.9. The second kappa shape index (κ2) is 7.97. The Morgan fingerprint density at radius 3 is 2.42 bits per heavy atom. The monoisotopic (exact) mass is 331 g/mol. The average Bonchev–Trinajstić information content (AvgIpc) is 2.68. The van der Waals surface area contributed by atoms with Crippen molar-refractivity contribution in [3.05, 3.63) is 23.9 Å². The standard InChI is InChI=1S/C19H29N3O2/c1-3-15-4-7-17(8-5-15)21-10-12-22(13-11-21)18-9-6-16(14-20-18)19(23)24-2/h6,9,14-15,17H,3-5,7-8,10-13H2,1-2H3/t15-,17-. The van der Waals surface area contributed by atoms with Crippen molar-refractivity contribution < 1.29 is 9.53 Å². The minimum atomic E-state index is -0.332. The van der Waals surface area contributed by atoms with Crippen LogP contribution < -0.4 is 4.90 Å². The van der Waals surface area contributed by atoms with E-state index in [0.29, 0.717) is 5.56 Å². The molecule has 132 valence electrons. The van der Waals surface area contributed by atoms with Gasteiger partial charge in [0.15, 0.2) is 0 Å². The maximum Gasteiger partial charge on any atom is 0.339 e. The first-order chi connectivity index (χ1) is 11.7. The number of nitrogens with zero attached hydrogens (tertiary/aromatic N) is 3. The fourth-order valence-electron chi connectivity index (χ4n) is 4.05. The number of rotatable bonds is 4. The molecule has 1 aliphatic carbocycles. The van der Waals surface area contributed by atoms with Crippen LogP contribution in [0.1, 0.15) is 49.4 Å². The van der Waals surface area contributed by atoms with Gasteiger partial charge in [-0.1, -0.05) is 13.3 Å². The van der Waals surface area contributed by atoms with Gasteiger partial charge in [-0.15, -0.1) is 0 Å². The molecule has 0 amide bonds. The van der Waals surface area contributed by atoms with Gasteiger partial charge in [-0.3, -0.25) is 4.90 Å². The molecule has 0 unspecified atom stereocenters. The average molecular weight is 331 g/mol. The zero-order valence-electron chi connectivity index (χ0n) is 14.9. The highest BCUT2D eigenvalue weighted by Crippen LogP contribution is 2.30. The van der Waals surface area contributed by atoms with E-state index in [1.54, 1.807) is 12.3 Å². The van der Waals surface area contributed by atoms with E-state index in [2.05, 4.69) is 21.7 Å². The van der Waals surface area contributed by atoms with Crippen LogP contribution in [0.15, 0.2) is 18.3 Å². The lowest BCUT2D eigenvalue weighted by Gasteiger charge is -2.42. The summed E-state index contributed by atoms with van der Waals surface area (Å²) in [6.45, 7) is 6.57. The number of aromatic nitrogens is 1. The number of esters is 1. The molecule has 1 saturated heterocycles. The maximum atomic E-state index is 11.5. The summed E-state index contributed by atoms with van der Waals surface area (Å²) in [5, 5.41) is 0. The number of anilines is 1. The topological polar surface area (TPSA) is 45.7 Å². The Morgan fingerprint density at radius 1 is 1.17 bits per heavy atom. The number of methoxy groups -OCH3 is 1. The Balaban J connectivity index is 1.51. The molecule has 5 heteroatoms. The number of ether oxygens (including phenoxy) is 1. The summed E-state index contributed by atoms with van der Waals surface area (Å²) in [5.74, 6) is 1.58. The summed E-state index contributed by atoms with van der Waals surface area (Å²) in [7, 11) is 1.39. The molecule has 2 fully saturated rings. The van der Waals surface area contributed by atoms with Crippen LogP contribution >= 0.6 is 0 Å². The third kappa shape index (κ3) is 3.89. The Hall–Kier alpha value is -1.62. The van der Waals surface area contributed by atoms with Crippen molar-refractivity contribution in [2.45, 2.75) is 45.1 Å². The van der Waals surface area contributed by atoms with Crippen LogP contribution in [0.3, 0.4) is 0 Å². The third-order valence-electron chi connectivity index (χ3n) is 5.72. The highest BCUT2D eigenvalue weighted by Gasteiger charge is 2.28. The Morgan fingerprint density at radius 2 is 1.88 bits per heavy atom. The predicted octanol–water partition coefficient (Wildman–Crippen LogP) is 2.96. The van der Waals surface area contributed by atoms with Crippen molar-refractivity contribution in [1.82, 2.24) is 9.88 Å². The van der Waals surface area contributed by atoms with Gasteiger partial charge in [-0.05, 0) is 43.7 Å². The van der Waals surface area contributed by atoms with Crippen molar-refractivity contribution in [2.75, 3.05) is 38.2 Å². The molecule has 0 radical (unpaired) electrons. The molecular weight excluding hydrogens is 302 g/mol. The van der Waals surface area contributed by atoms with Crippen LogP contribution in [-0.4, -0.2) is 55.2 Å². The van der Waals surface area contributed by atoms with Gasteiger partial charge in [0.25, 0.3) is 0 Å². The molecule has 0 aromatic carbocycles. The summed E-state index contributed by atoms with van der Waals surface area (Å²) >= 11 is 0. The molecule has 0 bridgehead atoms. The third-order valence-corrected chi connectivity index (χ3v) is 5.72. The molecule has 3 rings (SSSR count). The van der Waals surface area contributed by atoms with Crippen molar-refractivity contribution >= 4 is 11.8 Å². The smallest absolute Gasteiger partial charge is 0.339 e. The van der Waals surface area contributed by atoms with Gasteiger partial charge in [-0.25, -0.2) is 9.78 Å². The zero-order chi connectivity index (χ0) is 16.9. The SMILES string of the molecule is CC[C@H]1CC[C@H](N2CCN(c3ccc(C(=O)OC)cn3)CC2)CC1. The van der Waals surface area contributed by atoms with Gasteiger partial charge in [-0.2, -0.15) is 0 Å². The lowest BCUT2D eigenvalue weighted by Crippen LogP contribution is -2.51. The molecule has 1 aromatic rings. The first-order valence-electron chi connectivity index (χ1n) is 9.24. The van der Waals surface area contributed by atoms with E-state index in [-0.39, 0.29) is 5.97 Å². The fraction of sp³-hybridized carbons (Fsp3) is 0.684. The number of pyridine rings is 1. The minimum Gasteiger partial charge on any atom is -0.465 e. The van der Waals surface area contributed by atoms with Crippen molar-refractivity contribution in [3.8, 4) is 0 Å². The van der Waals surface area contributed by atoms with Gasteiger partial charge in [0.2, 0.25) is 0 Å². The van der Waals surface area contributed by atoms with E-state index in [0.717, 1.165) is 44.0 Å². The van der Waals surface area contributed by atoms with Crippen LogP contribution in [0, 0.1) is 5.92 Å². The largest absolute Gasteiger partial charge is 0.465 e. The minimum absolute atomic E-state index is 0.332. The summed E-state index contributed by atoms with van der Waals surface area (Å²) in [4.78, 5) is 20.9. The Kier molecular flexibility index (Phi) is 5.72. The van der Waals surface area contributed by atoms with Gasteiger partial charge in [0.05, 0.1) is 12.7 Å². The summed E-state index contributed by atoms with van der Waals surface area (Å²) < 4.78 is 4.72. The van der Waals surface area contributed by atoms with Crippen molar-refractivity contribution in [2.24, 2.45) is 5.92 Å². The number of carbonyl (C=O) groups is 1. The lowest BCUT2D eigenvalue weighted by atomic mass is 9.84. The molecule has 1 aliphatic heterocycles. The summed E-state index contributed by atoms with van der Waals surface area (Å²) in [5.41, 5.74) is 0.507. The Bertz CT molecular complexity index is 530. The molecule has 0 atom stereocenters. The van der Waals surface area contributed by atoms with Crippen molar-refractivity contribution in [1.29, 1.82) is 0 Å². The highest BCUT2D eigenvalue weighted by molar-refractivity contribution is 5.89. The van der Waals surface area contributed by atoms with E-state index in [1.807, 2.05) is 6.07 Å². The van der Waals surface area contributed by atoms with Crippen LogP contribution in [0.2, 0.25) is 0 Å². The van der Waals surface area contributed by atoms with E-state index in [9.17, 15) is 4.79 Å². The van der Waals surface area contributed by atoms with Gasteiger partial charge >= 0.3 is 5.97 Å². The first-order valence-corrected chi connectivity index (χ1v) is 9.24. The number of carbonyl (C=O) groups excluding carboxylic acids is 1. The number of hydrogen-bond donors (Lipinski definition) is 0. The van der Waals surface area contributed by atoms with E-state index in [1.165, 1.54) is 39.2 Å². The summed E-state index contributed by atoms with van der Waals surface area (Å²) in [6, 6.07) is 4.51. The molecular formula is C19H29N3O2. The number of piperazine rings is 1. The van der Waals surface area contributed by atoms with E-state index < -0.39 is 0 Å². The number of hydrogen-bond acceptors (Lipinski definition) is 5. The maximum absolute atomic E-state index is 11.5. The molecule has 1 saturated carbocycles. The quantitative estimate of drug-likeness (QED) is 0.794. The second-order valence-electron chi connectivity index (χ2n) is 7.00. The van der Waals surface area contributed by atoms with Gasteiger partial charge < -0.3 is 9.64 Å². The van der Waals surface area contributed by atoms with Crippen LogP contribution in [-0.2, 0) is 4.74 Å². The van der Waals surface area contributed by atoms with Gasteiger partial charge in [0, 0.05) is 38.4 Å². The molecule has 1 aromatic heterocycles. The molecule has 5 nitrogen and oxygen atoms in total. The molecule has 24 heavy (non-hydrogen) atoms. The van der Waals surface area contributed by atoms with E-state index >= 15 is 0 Å². The second-order valence-corrected chi connectivity index (χ2v) is 7.00. The predicted molar refractivity (Wildman–Crippen MR) is 95.4 cm³/mol. The van der Waals surface area contributed by atoms with E-state index in [4.69, 9.17) is 4.74 Å². The molecule has 0 spiro atoms. The fourth-order valence-corrected chi connectivity index (χ4v) is 4.05. The molecule has 2 heterocycles. The molecule has 2 aliphatic rings. The molecule has 0 N–H and O–H groups in total. The normalized spacial score (nSPS) is 25.5. The van der Waals surface area contributed by atoms with Crippen LogP contribution in [0.25, 0.3) is 0 Å². The van der Waals surface area contributed by atoms with Crippen LogP contribution in [0.5, 0.6) is 0 Å². The summed E-state index contributed by atoms with van der Waals surface area (Å²) in [6.07, 6.45) is 8.48. The Labute approximate surface area is 145 Å². The highest BCUT2D eigenvalue weighted by atomic mass is 16.5. The lowest BCUT2D eigenvalue weighted by molar-refractivity contribution is 0.0600. The van der Waals surface area contributed by atoms with Gasteiger partial charge in [0.1, 0.15) is 5.82 Å². The van der Waals surface area contributed by atoms with Crippen LogP contribution in [0.4, 0.5) is 5.82 Å². The van der Waals surface area contributed by atoms with Crippen molar-refractivity contribution in [3.63, 3.8) is 0 Å².